The van der Waals surface area contributed by atoms with Crippen molar-refractivity contribution < 1.29 is 9.90 Å². The summed E-state index contributed by atoms with van der Waals surface area (Å²) in [4.78, 5) is 15.9. The SMILES string of the molecule is Cc1cc(C)c(C(=O)O)c(SC2CCC(C)C(C)C2)n1. The Balaban J connectivity index is 2.23. The summed E-state index contributed by atoms with van der Waals surface area (Å²) < 4.78 is 0. The first-order chi connectivity index (χ1) is 9.38. The van der Waals surface area contributed by atoms with E-state index in [1.165, 1.54) is 6.42 Å². The molecule has 1 saturated carbocycles. The maximum atomic E-state index is 11.5. The number of aryl methyl sites for hydroxylation is 2. The molecule has 4 heteroatoms. The Morgan fingerprint density at radius 2 is 2.00 bits per heavy atom. The van der Waals surface area contributed by atoms with Crippen LogP contribution in [0.15, 0.2) is 11.1 Å². The van der Waals surface area contributed by atoms with Gasteiger partial charge in [0.25, 0.3) is 0 Å². The molecule has 1 heterocycles. The summed E-state index contributed by atoms with van der Waals surface area (Å²) in [6, 6.07) is 1.85. The third-order valence-corrected chi connectivity index (χ3v) is 5.63. The first kappa shape index (κ1) is 15.4. The monoisotopic (exact) mass is 293 g/mol. The van der Waals surface area contributed by atoms with Gasteiger partial charge in [-0.05, 0) is 56.6 Å². The predicted molar refractivity (Wildman–Crippen MR) is 82.5 cm³/mol. The molecule has 2 rings (SSSR count). The second-order valence-electron chi connectivity index (χ2n) is 6.07. The minimum Gasteiger partial charge on any atom is -0.478 e. The van der Waals surface area contributed by atoms with Crippen LogP contribution in [0.25, 0.3) is 0 Å². The van der Waals surface area contributed by atoms with Gasteiger partial charge in [0.1, 0.15) is 5.03 Å². The summed E-state index contributed by atoms with van der Waals surface area (Å²) in [5.41, 5.74) is 2.09. The molecule has 3 nitrogen and oxygen atoms in total. The minimum absolute atomic E-state index is 0.381. The summed E-state index contributed by atoms with van der Waals surface area (Å²) in [5.74, 6) is 0.619. The Kier molecular flexibility index (Phi) is 4.74. The summed E-state index contributed by atoms with van der Waals surface area (Å²) in [7, 11) is 0. The Bertz CT molecular complexity index is 515. The third-order valence-electron chi connectivity index (χ3n) is 4.35. The van der Waals surface area contributed by atoms with E-state index >= 15 is 0 Å². The lowest BCUT2D eigenvalue weighted by atomic mass is 9.81. The molecule has 0 saturated heterocycles. The van der Waals surface area contributed by atoms with Crippen LogP contribution in [0.5, 0.6) is 0 Å². The molecule has 0 radical (unpaired) electrons. The van der Waals surface area contributed by atoms with Crippen molar-refractivity contribution in [3.05, 3.63) is 22.9 Å². The van der Waals surface area contributed by atoms with E-state index in [0.717, 1.165) is 30.0 Å². The van der Waals surface area contributed by atoms with Crippen LogP contribution in [0.3, 0.4) is 0 Å². The standard InChI is InChI=1S/C16H23NO2S/c1-9-5-6-13(8-10(9)2)20-15-14(16(18)19)11(3)7-12(4)17-15/h7,9-10,13H,5-6,8H2,1-4H3,(H,18,19). The van der Waals surface area contributed by atoms with Crippen molar-refractivity contribution in [2.24, 2.45) is 11.8 Å². The summed E-state index contributed by atoms with van der Waals surface area (Å²) in [6.45, 7) is 8.38. The Morgan fingerprint density at radius 1 is 1.30 bits per heavy atom. The fraction of sp³-hybridized carbons (Fsp3) is 0.625. The lowest BCUT2D eigenvalue weighted by Gasteiger charge is -2.31. The molecule has 110 valence electrons. The number of thioether (sulfide) groups is 1. The first-order valence-corrected chi connectivity index (χ1v) is 8.14. The molecule has 3 unspecified atom stereocenters. The molecule has 3 atom stereocenters. The normalized spacial score (nSPS) is 26.5. The Hall–Kier alpha value is -1.03. The van der Waals surface area contributed by atoms with Gasteiger partial charge in [-0.2, -0.15) is 0 Å². The molecule has 1 aliphatic carbocycles. The Labute approximate surface area is 125 Å². The van der Waals surface area contributed by atoms with Gasteiger partial charge < -0.3 is 5.11 Å². The molecule has 1 aromatic rings. The van der Waals surface area contributed by atoms with E-state index in [-0.39, 0.29) is 0 Å². The maximum Gasteiger partial charge on any atom is 0.338 e. The molecule has 0 spiro atoms. The van der Waals surface area contributed by atoms with Gasteiger partial charge in [0.05, 0.1) is 5.56 Å². The van der Waals surface area contributed by atoms with E-state index in [1.54, 1.807) is 11.8 Å². The van der Waals surface area contributed by atoms with Crippen LogP contribution in [0, 0.1) is 25.7 Å². The van der Waals surface area contributed by atoms with Crippen molar-refractivity contribution in [1.82, 2.24) is 4.98 Å². The van der Waals surface area contributed by atoms with Gasteiger partial charge in [0.15, 0.2) is 0 Å². The third kappa shape index (κ3) is 3.35. The van der Waals surface area contributed by atoms with Crippen LogP contribution in [0.1, 0.15) is 54.7 Å². The average molecular weight is 293 g/mol. The van der Waals surface area contributed by atoms with E-state index in [4.69, 9.17) is 0 Å². The van der Waals surface area contributed by atoms with Crippen molar-refractivity contribution in [2.75, 3.05) is 0 Å². The molecule has 0 aliphatic heterocycles. The lowest BCUT2D eigenvalue weighted by Crippen LogP contribution is -2.22. The van der Waals surface area contributed by atoms with E-state index in [9.17, 15) is 9.90 Å². The van der Waals surface area contributed by atoms with Gasteiger partial charge in [-0.3, -0.25) is 0 Å². The quantitative estimate of drug-likeness (QED) is 0.902. The molecule has 1 N–H and O–H groups in total. The molecule has 1 fully saturated rings. The van der Waals surface area contributed by atoms with Gasteiger partial charge in [-0.25, -0.2) is 9.78 Å². The number of nitrogens with zero attached hydrogens (tertiary/aromatic N) is 1. The van der Waals surface area contributed by atoms with Crippen LogP contribution in [-0.4, -0.2) is 21.3 Å². The fourth-order valence-electron chi connectivity index (χ4n) is 2.91. The molecular weight excluding hydrogens is 270 g/mol. The second-order valence-corrected chi connectivity index (χ2v) is 7.36. The zero-order valence-corrected chi connectivity index (χ0v) is 13.5. The first-order valence-electron chi connectivity index (χ1n) is 7.26. The van der Waals surface area contributed by atoms with Crippen molar-refractivity contribution in [3.63, 3.8) is 0 Å². The molecule has 0 aromatic carbocycles. The Morgan fingerprint density at radius 3 is 2.60 bits per heavy atom. The van der Waals surface area contributed by atoms with Crippen LogP contribution >= 0.6 is 11.8 Å². The van der Waals surface area contributed by atoms with Crippen molar-refractivity contribution in [2.45, 2.75) is 57.2 Å². The molecule has 0 bridgehead atoms. The van der Waals surface area contributed by atoms with Gasteiger partial charge in [-0.1, -0.05) is 13.8 Å². The summed E-state index contributed by atoms with van der Waals surface area (Å²) in [6.07, 6.45) is 3.54. The van der Waals surface area contributed by atoms with Crippen molar-refractivity contribution >= 4 is 17.7 Å². The second kappa shape index (κ2) is 6.17. The molecule has 20 heavy (non-hydrogen) atoms. The van der Waals surface area contributed by atoms with Gasteiger partial charge in [-0.15, -0.1) is 11.8 Å². The molecule has 1 aliphatic rings. The number of carboxylic acids is 1. The largest absolute Gasteiger partial charge is 0.478 e. The molecule has 0 amide bonds. The highest BCUT2D eigenvalue weighted by atomic mass is 32.2. The number of hydrogen-bond acceptors (Lipinski definition) is 3. The van der Waals surface area contributed by atoms with Crippen molar-refractivity contribution in [3.8, 4) is 0 Å². The summed E-state index contributed by atoms with van der Waals surface area (Å²) in [5, 5.41) is 10.6. The van der Waals surface area contributed by atoms with Crippen LogP contribution < -0.4 is 0 Å². The van der Waals surface area contributed by atoms with E-state index in [1.807, 2.05) is 19.9 Å². The number of rotatable bonds is 3. The number of carbonyl (C=O) groups is 1. The van der Waals surface area contributed by atoms with Crippen LogP contribution in [0.4, 0.5) is 0 Å². The molecular formula is C16H23NO2S. The van der Waals surface area contributed by atoms with E-state index < -0.39 is 5.97 Å². The van der Waals surface area contributed by atoms with E-state index in [2.05, 4.69) is 18.8 Å². The van der Waals surface area contributed by atoms with E-state index in [0.29, 0.717) is 21.8 Å². The highest BCUT2D eigenvalue weighted by molar-refractivity contribution is 7.99. The molecule has 1 aromatic heterocycles. The van der Waals surface area contributed by atoms with Crippen LogP contribution in [-0.2, 0) is 0 Å². The van der Waals surface area contributed by atoms with Gasteiger partial charge in [0.2, 0.25) is 0 Å². The number of aromatic carboxylic acids is 1. The zero-order valence-electron chi connectivity index (χ0n) is 12.6. The number of aromatic nitrogens is 1. The highest BCUT2D eigenvalue weighted by Gasteiger charge is 2.27. The fourth-order valence-corrected chi connectivity index (χ4v) is 4.44. The minimum atomic E-state index is -0.866. The van der Waals surface area contributed by atoms with Gasteiger partial charge in [0, 0.05) is 10.9 Å². The number of pyridine rings is 1. The van der Waals surface area contributed by atoms with Crippen LogP contribution in [0.2, 0.25) is 0 Å². The summed E-state index contributed by atoms with van der Waals surface area (Å²) >= 11 is 1.66. The smallest absolute Gasteiger partial charge is 0.338 e. The predicted octanol–water partition coefficient (Wildman–Crippen LogP) is 4.31. The maximum absolute atomic E-state index is 11.5. The number of hydrogen-bond donors (Lipinski definition) is 1. The zero-order chi connectivity index (χ0) is 14.9. The average Bonchev–Trinajstić information content (AvgIpc) is 2.32. The number of carboxylic acid groups (broad SMARTS) is 1. The van der Waals surface area contributed by atoms with Crippen molar-refractivity contribution in [1.29, 1.82) is 0 Å². The highest BCUT2D eigenvalue weighted by Crippen LogP contribution is 2.39. The lowest BCUT2D eigenvalue weighted by molar-refractivity contribution is 0.0691. The van der Waals surface area contributed by atoms with Gasteiger partial charge >= 0.3 is 5.97 Å². The topological polar surface area (TPSA) is 50.2 Å².